The molecule has 0 aliphatic heterocycles. The highest BCUT2D eigenvalue weighted by Crippen LogP contribution is 2.38. The van der Waals surface area contributed by atoms with E-state index in [4.69, 9.17) is 10.7 Å². The summed E-state index contributed by atoms with van der Waals surface area (Å²) in [5, 5.41) is 0. The molecule has 4 heteroatoms. The zero-order valence-electron chi connectivity index (χ0n) is 10.8. The molecule has 0 saturated carbocycles. The van der Waals surface area contributed by atoms with Crippen LogP contribution >= 0.6 is 10.7 Å². The van der Waals surface area contributed by atoms with Crippen LogP contribution in [0.3, 0.4) is 0 Å². The first kappa shape index (κ1) is 14.1. The summed E-state index contributed by atoms with van der Waals surface area (Å²) in [5.74, 6) is 0. The van der Waals surface area contributed by atoms with Crippen LogP contribution in [0.25, 0.3) is 11.1 Å². The van der Waals surface area contributed by atoms with Gasteiger partial charge < -0.3 is 0 Å². The van der Waals surface area contributed by atoms with E-state index in [1.54, 1.807) is 13.8 Å². The third kappa shape index (κ3) is 2.67. The maximum Gasteiger partial charge on any atom is 0.241 e. The highest BCUT2D eigenvalue weighted by molar-refractivity contribution is 8.14. The summed E-state index contributed by atoms with van der Waals surface area (Å²) in [6, 6.07) is 17.1. The smallest absolute Gasteiger partial charge is 0.211 e. The van der Waals surface area contributed by atoms with Crippen molar-refractivity contribution in [3.8, 4) is 11.1 Å². The summed E-state index contributed by atoms with van der Waals surface area (Å²) >= 11 is 0. The minimum Gasteiger partial charge on any atom is -0.211 e. The van der Waals surface area contributed by atoms with Gasteiger partial charge in [-0.3, -0.25) is 0 Å². The van der Waals surface area contributed by atoms with Crippen LogP contribution in [0.4, 0.5) is 0 Å². The predicted octanol–water partition coefficient (Wildman–Crippen LogP) is 4.16. The Hall–Kier alpha value is -1.32. The van der Waals surface area contributed by atoms with Crippen molar-refractivity contribution >= 4 is 19.7 Å². The molecule has 2 rings (SSSR count). The fourth-order valence-electron chi connectivity index (χ4n) is 2.01. The minimum atomic E-state index is -3.71. The van der Waals surface area contributed by atoms with Crippen molar-refractivity contribution in [3.63, 3.8) is 0 Å². The Bertz CT molecular complexity index is 676. The summed E-state index contributed by atoms with van der Waals surface area (Å²) in [5.41, 5.74) is 2.57. The van der Waals surface area contributed by atoms with E-state index in [0.29, 0.717) is 5.56 Å². The molecule has 0 aliphatic carbocycles. The summed E-state index contributed by atoms with van der Waals surface area (Å²) in [7, 11) is 1.88. The molecule has 0 bridgehead atoms. The van der Waals surface area contributed by atoms with Crippen LogP contribution < -0.4 is 0 Å². The van der Waals surface area contributed by atoms with Crippen molar-refractivity contribution in [1.82, 2.24) is 0 Å². The third-order valence-electron chi connectivity index (χ3n) is 3.27. The summed E-state index contributed by atoms with van der Waals surface area (Å²) in [6.07, 6.45) is 0. The molecule has 0 amide bonds. The van der Waals surface area contributed by atoms with E-state index < -0.39 is 13.8 Å². The van der Waals surface area contributed by atoms with E-state index in [2.05, 4.69) is 0 Å². The van der Waals surface area contributed by atoms with Gasteiger partial charge in [0.05, 0.1) is 0 Å². The van der Waals surface area contributed by atoms with Gasteiger partial charge >= 0.3 is 0 Å². The molecule has 0 radical (unpaired) electrons. The maximum atomic E-state index is 11.8. The van der Waals surface area contributed by atoms with Crippen LogP contribution in [0.5, 0.6) is 0 Å². The Labute approximate surface area is 118 Å². The van der Waals surface area contributed by atoms with Crippen molar-refractivity contribution in [2.24, 2.45) is 0 Å². The number of benzene rings is 2. The van der Waals surface area contributed by atoms with Gasteiger partial charge in [-0.1, -0.05) is 54.6 Å². The molecule has 0 spiro atoms. The first-order valence-electron chi connectivity index (χ1n) is 5.93. The van der Waals surface area contributed by atoms with Crippen LogP contribution in [0, 0.1) is 0 Å². The first-order chi connectivity index (χ1) is 8.84. The molecule has 19 heavy (non-hydrogen) atoms. The summed E-state index contributed by atoms with van der Waals surface area (Å²) in [4.78, 5) is 0. The van der Waals surface area contributed by atoms with Gasteiger partial charge in [-0.15, -0.1) is 0 Å². The molecule has 0 fully saturated rings. The Morgan fingerprint density at radius 3 is 2.00 bits per heavy atom. The van der Waals surface area contributed by atoms with Gasteiger partial charge in [0.25, 0.3) is 0 Å². The first-order valence-corrected chi connectivity index (χ1v) is 8.24. The maximum absolute atomic E-state index is 11.8. The summed E-state index contributed by atoms with van der Waals surface area (Å²) in [6.45, 7) is 3.24. The lowest BCUT2D eigenvalue weighted by molar-refractivity contribution is 0.571. The van der Waals surface area contributed by atoms with Crippen molar-refractivity contribution in [2.75, 3.05) is 0 Å². The molecule has 0 saturated heterocycles. The highest BCUT2D eigenvalue weighted by Gasteiger charge is 2.36. The standard InChI is InChI=1S/C15H15ClO2S/c1-15(2,19(16,17)18)14-11-7-6-10-13(14)12-8-4-3-5-9-12/h3-11H,1-2H3. The lowest BCUT2D eigenvalue weighted by Gasteiger charge is -2.24. The van der Waals surface area contributed by atoms with Gasteiger partial charge in [-0.2, -0.15) is 0 Å². The Morgan fingerprint density at radius 1 is 0.895 bits per heavy atom. The largest absolute Gasteiger partial charge is 0.241 e. The molecule has 2 aromatic rings. The molecule has 0 aromatic heterocycles. The van der Waals surface area contributed by atoms with Gasteiger partial charge in [-0.25, -0.2) is 8.42 Å². The number of hydrogen-bond acceptors (Lipinski definition) is 2. The molecule has 100 valence electrons. The quantitative estimate of drug-likeness (QED) is 0.797. The predicted molar refractivity (Wildman–Crippen MR) is 79.7 cm³/mol. The fourth-order valence-corrected chi connectivity index (χ4v) is 2.70. The molecule has 0 heterocycles. The van der Waals surface area contributed by atoms with Crippen LogP contribution in [-0.2, 0) is 13.8 Å². The summed E-state index contributed by atoms with van der Waals surface area (Å²) < 4.78 is 22.5. The topological polar surface area (TPSA) is 34.1 Å². The monoisotopic (exact) mass is 294 g/mol. The molecule has 0 atom stereocenters. The van der Waals surface area contributed by atoms with Gasteiger partial charge in [0.15, 0.2) is 0 Å². The van der Waals surface area contributed by atoms with Crippen LogP contribution in [0.2, 0.25) is 0 Å². The zero-order valence-corrected chi connectivity index (χ0v) is 12.4. The molecular weight excluding hydrogens is 280 g/mol. The number of rotatable bonds is 3. The van der Waals surface area contributed by atoms with Gasteiger partial charge in [-0.05, 0) is 30.5 Å². The highest BCUT2D eigenvalue weighted by atomic mass is 35.7. The van der Waals surface area contributed by atoms with Crippen molar-refractivity contribution < 1.29 is 8.42 Å². The third-order valence-corrected chi connectivity index (χ3v) is 5.87. The number of hydrogen-bond donors (Lipinski definition) is 0. The lowest BCUT2D eigenvalue weighted by Crippen LogP contribution is -2.25. The van der Waals surface area contributed by atoms with E-state index >= 15 is 0 Å². The molecule has 0 aliphatic rings. The average molecular weight is 295 g/mol. The molecule has 0 unspecified atom stereocenters. The van der Waals surface area contributed by atoms with Crippen molar-refractivity contribution in [2.45, 2.75) is 18.6 Å². The van der Waals surface area contributed by atoms with Crippen LogP contribution in [-0.4, -0.2) is 8.42 Å². The zero-order chi connectivity index (χ0) is 14.1. The second-order valence-corrected chi connectivity index (χ2v) is 7.97. The Kier molecular flexibility index (Phi) is 3.70. The van der Waals surface area contributed by atoms with Crippen LogP contribution in [0.1, 0.15) is 19.4 Å². The molecule has 2 aromatic carbocycles. The number of halogens is 1. The van der Waals surface area contributed by atoms with E-state index in [1.807, 2.05) is 54.6 Å². The van der Waals surface area contributed by atoms with E-state index in [9.17, 15) is 8.42 Å². The van der Waals surface area contributed by atoms with Crippen molar-refractivity contribution in [3.05, 3.63) is 60.2 Å². The average Bonchev–Trinajstić information content (AvgIpc) is 2.38. The van der Waals surface area contributed by atoms with E-state index in [-0.39, 0.29) is 0 Å². The van der Waals surface area contributed by atoms with E-state index in [0.717, 1.165) is 11.1 Å². The SMILES string of the molecule is CC(C)(c1ccccc1-c1ccccc1)S(=O)(=O)Cl. The van der Waals surface area contributed by atoms with Gasteiger partial charge in [0, 0.05) is 10.7 Å². The van der Waals surface area contributed by atoms with Gasteiger partial charge in [0.2, 0.25) is 9.05 Å². The van der Waals surface area contributed by atoms with Crippen LogP contribution in [0.15, 0.2) is 54.6 Å². The minimum absolute atomic E-state index is 0.705. The molecule has 2 nitrogen and oxygen atoms in total. The fraction of sp³-hybridized carbons (Fsp3) is 0.200. The molecular formula is C15H15ClO2S. The molecule has 0 N–H and O–H groups in total. The Balaban J connectivity index is 2.68. The normalized spacial score (nSPS) is 12.4. The van der Waals surface area contributed by atoms with Gasteiger partial charge in [0.1, 0.15) is 4.75 Å². The van der Waals surface area contributed by atoms with Crippen molar-refractivity contribution in [1.29, 1.82) is 0 Å². The second-order valence-electron chi connectivity index (χ2n) is 4.86. The lowest BCUT2D eigenvalue weighted by atomic mass is 9.92. The van der Waals surface area contributed by atoms with E-state index in [1.165, 1.54) is 0 Å². The second kappa shape index (κ2) is 4.99. The Morgan fingerprint density at radius 2 is 1.42 bits per heavy atom.